The molecular weight excluding hydrogens is 467 g/mol. The minimum atomic E-state index is -4.03. The number of nitrogens with one attached hydrogen (secondary N) is 1. The summed E-state index contributed by atoms with van der Waals surface area (Å²) in [7, 11) is -4.03. The summed E-state index contributed by atoms with van der Waals surface area (Å²) in [5.41, 5.74) is 0.162. The number of ether oxygens (including phenoxy) is 2. The average Bonchev–Trinajstić information content (AvgIpc) is 2.71. The van der Waals surface area contributed by atoms with Crippen LogP contribution in [0, 0.1) is 5.82 Å². The molecule has 3 rings (SSSR count). The number of rotatable bonds is 6. The SMILES string of the molecule is C[C@H](Oc1ccc(Br)cc1)C(=O)Nc1ccc(F)c(S(=O)(=O)N2CCOCC2)c1. The van der Waals surface area contributed by atoms with Crippen LogP contribution < -0.4 is 10.1 Å². The monoisotopic (exact) mass is 486 g/mol. The van der Waals surface area contributed by atoms with Gasteiger partial charge in [-0.2, -0.15) is 4.31 Å². The summed E-state index contributed by atoms with van der Waals surface area (Å²) in [6.07, 6.45) is -0.847. The van der Waals surface area contributed by atoms with Crippen molar-refractivity contribution in [2.24, 2.45) is 0 Å². The maximum Gasteiger partial charge on any atom is 0.265 e. The molecule has 0 aliphatic carbocycles. The summed E-state index contributed by atoms with van der Waals surface area (Å²) in [4.78, 5) is 11.9. The van der Waals surface area contributed by atoms with E-state index in [1.165, 1.54) is 10.4 Å². The number of carbonyl (C=O) groups excluding carboxylic acids is 1. The maximum absolute atomic E-state index is 14.3. The van der Waals surface area contributed by atoms with Crippen LogP contribution in [0.5, 0.6) is 5.75 Å². The maximum atomic E-state index is 14.3. The van der Waals surface area contributed by atoms with E-state index in [1.807, 2.05) is 0 Å². The highest BCUT2D eigenvalue weighted by Gasteiger charge is 2.29. The Bertz CT molecular complexity index is 979. The standard InChI is InChI=1S/C19H20BrFN2O5S/c1-13(28-16-5-2-14(20)3-6-16)19(24)22-15-4-7-17(21)18(12-15)29(25,26)23-8-10-27-11-9-23/h2-7,12-13H,8-11H2,1H3,(H,22,24)/t13-/m0/s1. The molecule has 29 heavy (non-hydrogen) atoms. The van der Waals surface area contributed by atoms with Gasteiger partial charge in [0.15, 0.2) is 6.10 Å². The molecule has 7 nitrogen and oxygen atoms in total. The van der Waals surface area contributed by atoms with E-state index in [9.17, 15) is 17.6 Å². The molecule has 0 spiro atoms. The fourth-order valence-corrected chi connectivity index (χ4v) is 4.48. The zero-order valence-electron chi connectivity index (χ0n) is 15.6. The number of nitrogens with zero attached hydrogens (tertiary/aromatic N) is 1. The Labute approximate surface area is 177 Å². The van der Waals surface area contributed by atoms with Crippen LogP contribution in [-0.2, 0) is 19.6 Å². The molecule has 1 atom stereocenters. The van der Waals surface area contributed by atoms with Gasteiger partial charge in [-0.15, -0.1) is 0 Å². The first-order valence-electron chi connectivity index (χ1n) is 8.88. The summed E-state index contributed by atoms with van der Waals surface area (Å²) in [6, 6.07) is 10.4. The van der Waals surface area contributed by atoms with Crippen LogP contribution in [-0.4, -0.2) is 51.0 Å². The number of carbonyl (C=O) groups is 1. The first-order valence-corrected chi connectivity index (χ1v) is 11.1. The average molecular weight is 487 g/mol. The fraction of sp³-hybridized carbons (Fsp3) is 0.316. The van der Waals surface area contributed by atoms with Crippen LogP contribution in [0.25, 0.3) is 0 Å². The number of hydrogen-bond donors (Lipinski definition) is 1. The molecule has 2 aromatic rings. The van der Waals surface area contributed by atoms with Crippen molar-refractivity contribution in [3.8, 4) is 5.75 Å². The van der Waals surface area contributed by atoms with Crippen molar-refractivity contribution in [2.45, 2.75) is 17.9 Å². The van der Waals surface area contributed by atoms with Crippen LogP contribution in [0.4, 0.5) is 10.1 Å². The van der Waals surface area contributed by atoms with Crippen LogP contribution in [0.3, 0.4) is 0 Å². The Hall–Kier alpha value is -2.01. The molecule has 1 N–H and O–H groups in total. The second-order valence-corrected chi connectivity index (χ2v) is 9.19. The first-order chi connectivity index (χ1) is 13.8. The third-order valence-corrected chi connectivity index (χ3v) is 6.72. The quantitative estimate of drug-likeness (QED) is 0.678. The van der Waals surface area contributed by atoms with Gasteiger partial charge in [0, 0.05) is 23.2 Å². The molecular formula is C19H20BrFN2O5S. The van der Waals surface area contributed by atoms with E-state index in [0.29, 0.717) is 5.75 Å². The summed E-state index contributed by atoms with van der Waals surface area (Å²) in [6.45, 7) is 2.36. The molecule has 2 aromatic carbocycles. The second kappa shape index (κ2) is 9.21. The summed E-state index contributed by atoms with van der Waals surface area (Å²) < 4.78 is 52.5. The molecule has 156 valence electrons. The Morgan fingerprint density at radius 2 is 1.86 bits per heavy atom. The predicted molar refractivity (Wildman–Crippen MR) is 109 cm³/mol. The third kappa shape index (κ3) is 5.33. The van der Waals surface area contributed by atoms with Crippen molar-refractivity contribution >= 4 is 37.5 Å². The first kappa shape index (κ1) is 21.7. The number of morpholine rings is 1. The van der Waals surface area contributed by atoms with E-state index in [0.717, 1.165) is 16.6 Å². The van der Waals surface area contributed by atoms with E-state index in [1.54, 1.807) is 31.2 Å². The van der Waals surface area contributed by atoms with Gasteiger partial charge in [0.2, 0.25) is 10.0 Å². The summed E-state index contributed by atoms with van der Waals surface area (Å²) >= 11 is 3.32. The van der Waals surface area contributed by atoms with Gasteiger partial charge >= 0.3 is 0 Å². The van der Waals surface area contributed by atoms with E-state index in [2.05, 4.69) is 21.2 Å². The molecule has 0 saturated carbocycles. The number of halogens is 2. The van der Waals surface area contributed by atoms with Gasteiger partial charge in [0.25, 0.3) is 5.91 Å². The number of benzene rings is 2. The van der Waals surface area contributed by atoms with Crippen molar-refractivity contribution in [1.82, 2.24) is 4.31 Å². The molecule has 0 bridgehead atoms. The van der Waals surface area contributed by atoms with E-state index in [4.69, 9.17) is 9.47 Å². The van der Waals surface area contributed by atoms with E-state index < -0.39 is 32.7 Å². The van der Waals surface area contributed by atoms with Gasteiger partial charge in [0.05, 0.1) is 13.2 Å². The Morgan fingerprint density at radius 3 is 2.52 bits per heavy atom. The molecule has 0 unspecified atom stereocenters. The molecule has 10 heteroatoms. The minimum absolute atomic E-state index is 0.149. The van der Waals surface area contributed by atoms with Gasteiger partial charge in [-0.3, -0.25) is 4.79 Å². The van der Waals surface area contributed by atoms with Gasteiger partial charge in [0.1, 0.15) is 16.5 Å². The van der Waals surface area contributed by atoms with Crippen LogP contribution >= 0.6 is 15.9 Å². The van der Waals surface area contributed by atoms with Gasteiger partial charge < -0.3 is 14.8 Å². The molecule has 1 aliphatic heterocycles. The highest BCUT2D eigenvalue weighted by molar-refractivity contribution is 9.10. The molecule has 0 aromatic heterocycles. The van der Waals surface area contributed by atoms with Crippen molar-refractivity contribution in [2.75, 3.05) is 31.6 Å². The largest absolute Gasteiger partial charge is 0.481 e. The topological polar surface area (TPSA) is 84.9 Å². The van der Waals surface area contributed by atoms with Crippen LogP contribution in [0.1, 0.15) is 6.92 Å². The second-order valence-electron chi connectivity index (χ2n) is 6.36. The van der Waals surface area contributed by atoms with E-state index >= 15 is 0 Å². The number of anilines is 1. The molecule has 1 amide bonds. The summed E-state index contributed by atoms with van der Waals surface area (Å²) in [5, 5.41) is 2.57. The van der Waals surface area contributed by atoms with Gasteiger partial charge in [-0.05, 0) is 49.4 Å². The Morgan fingerprint density at radius 1 is 1.21 bits per heavy atom. The third-order valence-electron chi connectivity index (χ3n) is 4.28. The van der Waals surface area contributed by atoms with Crippen molar-refractivity contribution in [1.29, 1.82) is 0 Å². The molecule has 1 fully saturated rings. The lowest BCUT2D eigenvalue weighted by molar-refractivity contribution is -0.122. The van der Waals surface area contributed by atoms with Gasteiger partial charge in [-0.1, -0.05) is 15.9 Å². The molecule has 1 saturated heterocycles. The highest BCUT2D eigenvalue weighted by atomic mass is 79.9. The molecule has 0 radical (unpaired) electrons. The Kier molecular flexibility index (Phi) is 6.89. The number of amides is 1. The van der Waals surface area contributed by atoms with Crippen molar-refractivity contribution < 1.29 is 27.1 Å². The van der Waals surface area contributed by atoms with Crippen molar-refractivity contribution in [3.63, 3.8) is 0 Å². The van der Waals surface area contributed by atoms with Crippen molar-refractivity contribution in [3.05, 3.63) is 52.8 Å². The van der Waals surface area contributed by atoms with Gasteiger partial charge in [-0.25, -0.2) is 12.8 Å². The lowest BCUT2D eigenvalue weighted by Gasteiger charge is -2.26. The normalized spacial score (nSPS) is 16.2. The van der Waals surface area contributed by atoms with E-state index in [-0.39, 0.29) is 32.0 Å². The minimum Gasteiger partial charge on any atom is -0.481 e. The fourth-order valence-electron chi connectivity index (χ4n) is 2.72. The summed E-state index contributed by atoms with van der Waals surface area (Å²) in [5.74, 6) is -0.867. The molecule has 1 aliphatic rings. The smallest absolute Gasteiger partial charge is 0.265 e. The zero-order chi connectivity index (χ0) is 21.0. The van der Waals surface area contributed by atoms with Crippen LogP contribution in [0.2, 0.25) is 0 Å². The number of hydrogen-bond acceptors (Lipinski definition) is 5. The lowest BCUT2D eigenvalue weighted by atomic mass is 10.3. The highest BCUT2D eigenvalue weighted by Crippen LogP contribution is 2.24. The zero-order valence-corrected chi connectivity index (χ0v) is 18.0. The van der Waals surface area contributed by atoms with Crippen LogP contribution in [0.15, 0.2) is 51.8 Å². The predicted octanol–water partition coefficient (Wildman–Crippen LogP) is 3.02. The Balaban J connectivity index is 1.73. The molecule has 1 heterocycles. The number of sulfonamides is 1. The lowest BCUT2D eigenvalue weighted by Crippen LogP contribution is -2.41.